The molecule has 5 rings (SSSR count). The molecule has 0 spiro atoms. The van der Waals surface area contributed by atoms with Crippen molar-refractivity contribution in [2.75, 3.05) is 26.3 Å². The number of carbonyl (C=O) groups excluding carboxylic acids is 1. The Morgan fingerprint density at radius 1 is 1.09 bits per heavy atom. The second-order valence-corrected chi connectivity index (χ2v) is 9.84. The number of ether oxygens (including phenoxy) is 2. The summed E-state index contributed by atoms with van der Waals surface area (Å²) in [5.41, 5.74) is 2.75. The lowest BCUT2D eigenvalue weighted by atomic mass is 9.93. The van der Waals surface area contributed by atoms with Crippen molar-refractivity contribution in [2.24, 2.45) is 0 Å². The number of hydrogen-bond acceptors (Lipinski definition) is 5. The van der Waals surface area contributed by atoms with Gasteiger partial charge in [0.05, 0.1) is 37.9 Å². The van der Waals surface area contributed by atoms with Crippen LogP contribution >= 0.6 is 0 Å². The van der Waals surface area contributed by atoms with Gasteiger partial charge in [0, 0.05) is 37.8 Å². The maximum absolute atomic E-state index is 14.3. The third-order valence-corrected chi connectivity index (χ3v) is 7.35. The molecule has 1 N–H and O–H groups in total. The van der Waals surface area contributed by atoms with E-state index in [1.807, 2.05) is 21.9 Å². The fourth-order valence-corrected chi connectivity index (χ4v) is 5.54. The molecule has 4 atom stereocenters. The molecule has 3 heterocycles. The van der Waals surface area contributed by atoms with Gasteiger partial charge in [-0.2, -0.15) is 0 Å². The summed E-state index contributed by atoms with van der Waals surface area (Å²) in [7, 11) is 0. The van der Waals surface area contributed by atoms with Crippen molar-refractivity contribution in [3.05, 3.63) is 70.8 Å². The van der Waals surface area contributed by atoms with Gasteiger partial charge in [-0.1, -0.05) is 24.3 Å². The van der Waals surface area contributed by atoms with Gasteiger partial charge >= 0.3 is 0 Å². The molecule has 0 bridgehead atoms. The molecule has 0 radical (unpaired) electrons. The summed E-state index contributed by atoms with van der Waals surface area (Å²) in [6.45, 7) is 2.21. The van der Waals surface area contributed by atoms with Crippen LogP contribution < -0.4 is 0 Å². The fraction of sp³-hybridized carbons (Fsp3) is 0.519. The molecule has 3 aliphatic rings. The second kappa shape index (κ2) is 10.7. The normalized spacial score (nSPS) is 27.5. The van der Waals surface area contributed by atoms with Gasteiger partial charge in [-0.25, -0.2) is 8.78 Å². The van der Waals surface area contributed by atoms with E-state index in [9.17, 15) is 18.7 Å². The number of fused-ring (bicyclic) bond motifs is 2. The summed E-state index contributed by atoms with van der Waals surface area (Å²) >= 11 is 0. The molecule has 3 aliphatic heterocycles. The summed E-state index contributed by atoms with van der Waals surface area (Å²) in [5, 5.41) is 10.3. The average Bonchev–Trinajstić information content (AvgIpc) is 2.85. The van der Waals surface area contributed by atoms with E-state index in [0.29, 0.717) is 25.9 Å². The predicted molar refractivity (Wildman–Crippen MR) is 125 cm³/mol. The minimum atomic E-state index is -0.728. The molecular weight excluding hydrogens is 454 g/mol. The van der Waals surface area contributed by atoms with Crippen molar-refractivity contribution in [3.63, 3.8) is 0 Å². The van der Waals surface area contributed by atoms with Crippen LogP contribution in [0.25, 0.3) is 0 Å². The van der Waals surface area contributed by atoms with E-state index in [1.54, 1.807) is 0 Å². The number of aliphatic hydroxyl groups is 1. The Hall–Kier alpha value is -2.39. The highest BCUT2D eigenvalue weighted by atomic mass is 19.1. The molecule has 0 unspecified atom stereocenters. The lowest BCUT2D eigenvalue weighted by molar-refractivity contribution is -0.161. The van der Waals surface area contributed by atoms with E-state index in [1.165, 1.54) is 17.2 Å². The Kier molecular flexibility index (Phi) is 7.43. The van der Waals surface area contributed by atoms with Crippen molar-refractivity contribution < 1.29 is 28.2 Å². The monoisotopic (exact) mass is 486 g/mol. The lowest BCUT2D eigenvalue weighted by Crippen LogP contribution is -2.55. The highest BCUT2D eigenvalue weighted by Crippen LogP contribution is 2.30. The van der Waals surface area contributed by atoms with Crippen LogP contribution in [-0.2, 0) is 33.8 Å². The third kappa shape index (κ3) is 5.72. The average molecular weight is 487 g/mol. The number of amides is 1. The van der Waals surface area contributed by atoms with Crippen molar-refractivity contribution in [2.45, 2.75) is 63.1 Å². The van der Waals surface area contributed by atoms with Crippen LogP contribution in [0.4, 0.5) is 8.78 Å². The molecule has 0 saturated carbocycles. The minimum absolute atomic E-state index is 0.0869. The van der Waals surface area contributed by atoms with Crippen molar-refractivity contribution in [3.8, 4) is 0 Å². The summed E-state index contributed by atoms with van der Waals surface area (Å²) in [4.78, 5) is 16.9. The molecule has 1 amide bonds. The molecule has 35 heavy (non-hydrogen) atoms. The zero-order chi connectivity index (χ0) is 24.4. The van der Waals surface area contributed by atoms with Gasteiger partial charge < -0.3 is 19.5 Å². The van der Waals surface area contributed by atoms with E-state index in [0.717, 1.165) is 25.0 Å². The Morgan fingerprint density at radius 2 is 1.91 bits per heavy atom. The molecule has 2 fully saturated rings. The maximum Gasteiger partial charge on any atom is 0.225 e. The van der Waals surface area contributed by atoms with Crippen molar-refractivity contribution in [1.29, 1.82) is 0 Å². The lowest BCUT2D eigenvalue weighted by Gasteiger charge is -2.44. The molecule has 6 nitrogen and oxygen atoms in total. The molecule has 188 valence electrons. The number of carbonyl (C=O) groups is 1. The number of β-amino-alcohol motifs (C(OH)–C–C–N with tert-alkyl or cyclic N) is 1. The van der Waals surface area contributed by atoms with Gasteiger partial charge in [-0.3, -0.25) is 9.69 Å². The van der Waals surface area contributed by atoms with E-state index < -0.39 is 17.7 Å². The van der Waals surface area contributed by atoms with E-state index >= 15 is 0 Å². The number of rotatable bonds is 4. The predicted octanol–water partition coefficient (Wildman–Crippen LogP) is 3.05. The van der Waals surface area contributed by atoms with Gasteiger partial charge in [-0.15, -0.1) is 0 Å². The van der Waals surface area contributed by atoms with Crippen LogP contribution in [0.1, 0.15) is 36.0 Å². The fourth-order valence-electron chi connectivity index (χ4n) is 5.54. The first-order chi connectivity index (χ1) is 17.0. The second-order valence-electron chi connectivity index (χ2n) is 9.84. The van der Waals surface area contributed by atoms with Crippen molar-refractivity contribution >= 4 is 5.91 Å². The summed E-state index contributed by atoms with van der Waals surface area (Å²) < 4.78 is 40.1. The first-order valence-electron chi connectivity index (χ1n) is 12.4. The van der Waals surface area contributed by atoms with Crippen LogP contribution in [0, 0.1) is 11.6 Å². The number of nitrogens with zero attached hydrogens (tertiary/aromatic N) is 2. The first-order valence-corrected chi connectivity index (χ1v) is 12.4. The van der Waals surface area contributed by atoms with E-state index in [-0.39, 0.29) is 56.0 Å². The molecule has 0 aromatic heterocycles. The quantitative estimate of drug-likeness (QED) is 0.720. The van der Waals surface area contributed by atoms with Crippen LogP contribution in [-0.4, -0.2) is 71.5 Å². The molecule has 2 aromatic carbocycles. The van der Waals surface area contributed by atoms with Gasteiger partial charge in [0.25, 0.3) is 0 Å². The Balaban J connectivity index is 1.24. The minimum Gasteiger partial charge on any atom is -0.389 e. The molecule has 2 aromatic rings. The highest BCUT2D eigenvalue weighted by molar-refractivity contribution is 5.77. The zero-order valence-electron chi connectivity index (χ0n) is 19.7. The number of aliphatic hydroxyl groups excluding tert-OH is 1. The standard InChI is InChI=1S/C27H32F2N2O4/c28-21-5-7-24(29)20(11-21)14-31-15-22(32)16-34-17-26-25(31)8-6-23(35-26)12-27(33)30-10-9-18-3-1-2-4-19(18)13-30/h1-5,7,11,22-23,25-26,32H,6,8-10,12-17H2/t22-,23+,25+,26-/m1/s1. The smallest absolute Gasteiger partial charge is 0.225 e. The van der Waals surface area contributed by atoms with Gasteiger partial charge in [0.1, 0.15) is 11.6 Å². The molecular formula is C27H32F2N2O4. The first kappa shape index (κ1) is 24.3. The van der Waals surface area contributed by atoms with Crippen LogP contribution in [0.2, 0.25) is 0 Å². The van der Waals surface area contributed by atoms with Crippen molar-refractivity contribution in [1.82, 2.24) is 9.80 Å². The highest BCUT2D eigenvalue weighted by Gasteiger charge is 2.38. The van der Waals surface area contributed by atoms with Gasteiger partial charge in [0.2, 0.25) is 5.91 Å². The summed E-state index contributed by atoms with van der Waals surface area (Å²) in [6.07, 6.45) is 1.31. The van der Waals surface area contributed by atoms with Crippen LogP contribution in [0.15, 0.2) is 42.5 Å². The summed E-state index contributed by atoms with van der Waals surface area (Å²) in [5.74, 6) is -0.879. The van der Waals surface area contributed by atoms with E-state index in [2.05, 4.69) is 12.1 Å². The van der Waals surface area contributed by atoms with Gasteiger partial charge in [-0.05, 0) is 48.6 Å². The third-order valence-electron chi connectivity index (χ3n) is 7.35. The maximum atomic E-state index is 14.3. The Bertz CT molecular complexity index is 1050. The van der Waals surface area contributed by atoms with Crippen LogP contribution in [0.3, 0.4) is 0 Å². The number of hydrogen-bond donors (Lipinski definition) is 1. The van der Waals surface area contributed by atoms with Gasteiger partial charge in [0.15, 0.2) is 0 Å². The Morgan fingerprint density at radius 3 is 2.77 bits per heavy atom. The SMILES string of the molecule is O=C(C[C@@H]1CC[C@H]2[C@@H](COC[C@H](O)CN2Cc2cc(F)ccc2F)O1)N1CCc2ccccc2C1. The molecule has 8 heteroatoms. The largest absolute Gasteiger partial charge is 0.389 e. The molecule has 2 saturated heterocycles. The topological polar surface area (TPSA) is 62.2 Å². The Labute approximate surface area is 204 Å². The molecule has 0 aliphatic carbocycles. The zero-order valence-corrected chi connectivity index (χ0v) is 19.7. The number of benzene rings is 2. The number of halogens is 2. The van der Waals surface area contributed by atoms with Crippen LogP contribution in [0.5, 0.6) is 0 Å². The summed E-state index contributed by atoms with van der Waals surface area (Å²) in [6, 6.07) is 11.5. The van der Waals surface area contributed by atoms with E-state index in [4.69, 9.17) is 9.47 Å².